The quantitative estimate of drug-likeness (QED) is 0.140. The molecular weight excluding hydrogens is 599 g/mol. The molecule has 0 bridgehead atoms. The van der Waals surface area contributed by atoms with E-state index in [4.69, 9.17) is 0 Å². The van der Waals surface area contributed by atoms with Gasteiger partial charge in [0.05, 0.1) is 5.57 Å². The molecule has 0 saturated carbocycles. The number of carbonyl (C=O) groups is 2. The number of nitrogens with zero attached hydrogens (tertiary/aromatic N) is 1. The van der Waals surface area contributed by atoms with E-state index in [2.05, 4.69) is 120 Å². The van der Waals surface area contributed by atoms with Gasteiger partial charge >= 0.3 is 0 Å². The van der Waals surface area contributed by atoms with Crippen LogP contribution in [-0.4, -0.2) is 11.6 Å². The Morgan fingerprint density at radius 2 is 1.08 bits per heavy atom. The molecule has 7 aromatic rings. The second-order valence-electron chi connectivity index (χ2n) is 12.8. The monoisotopic (exact) mass is 629 g/mol. The van der Waals surface area contributed by atoms with Gasteiger partial charge in [-0.3, -0.25) is 9.59 Å². The lowest BCUT2D eigenvalue weighted by Gasteiger charge is -2.27. The van der Waals surface area contributed by atoms with Gasteiger partial charge in [-0.2, -0.15) is 0 Å². The highest BCUT2D eigenvalue weighted by molar-refractivity contribution is 6.42. The zero-order valence-electron chi connectivity index (χ0n) is 26.8. The van der Waals surface area contributed by atoms with Crippen LogP contribution in [0.15, 0.2) is 163 Å². The fourth-order valence-corrected chi connectivity index (χ4v) is 7.24. The third-order valence-electron chi connectivity index (χ3n) is 9.76. The number of benzene rings is 7. The van der Waals surface area contributed by atoms with Crippen molar-refractivity contribution in [1.82, 2.24) is 0 Å². The number of hydrogen-bond acceptors (Lipinski definition) is 3. The van der Waals surface area contributed by atoms with E-state index < -0.39 is 0 Å². The number of anilines is 3. The van der Waals surface area contributed by atoms with Crippen LogP contribution in [0.25, 0.3) is 44.0 Å². The van der Waals surface area contributed by atoms with Gasteiger partial charge in [0.25, 0.3) is 0 Å². The van der Waals surface area contributed by atoms with E-state index in [1.54, 1.807) is 6.08 Å². The number of hydrogen-bond donors (Lipinski definition) is 0. The van der Waals surface area contributed by atoms with Crippen molar-refractivity contribution in [3.05, 3.63) is 186 Å². The fourth-order valence-electron chi connectivity index (χ4n) is 7.24. The Hall–Kier alpha value is -6.32. The lowest BCUT2D eigenvalue weighted by molar-refractivity contribution is 0.0990. The standard InChI is InChI=1S/C46H31NO2/c48-45-42-28-35-13-6-7-14-36(35)29-43(42)46(49)44(45)24-30-17-18-38-27-41(22-20-37(38)23-30)47(40-21-19-32-11-4-5-12-33(32)26-40)39-16-8-15-34(25-39)31-9-2-1-3-10-31/h1-2,4-9,11-29H,3,10H2. The highest BCUT2D eigenvalue weighted by Gasteiger charge is 2.33. The molecule has 2 aliphatic carbocycles. The first kappa shape index (κ1) is 28.9. The smallest absolute Gasteiger partial charge is 0.197 e. The molecule has 0 N–H and O–H groups in total. The fraction of sp³-hybridized carbons (Fsp3) is 0.0435. The van der Waals surface area contributed by atoms with Crippen molar-refractivity contribution in [2.24, 2.45) is 0 Å². The average molecular weight is 630 g/mol. The van der Waals surface area contributed by atoms with Gasteiger partial charge in [0, 0.05) is 28.2 Å². The number of ketones is 2. The second kappa shape index (κ2) is 11.7. The minimum atomic E-state index is -0.213. The van der Waals surface area contributed by atoms with Crippen LogP contribution in [0.5, 0.6) is 0 Å². The average Bonchev–Trinajstić information content (AvgIpc) is 3.38. The zero-order chi connectivity index (χ0) is 32.9. The Balaban J connectivity index is 1.11. The number of fused-ring (bicyclic) bond motifs is 4. The first-order valence-electron chi connectivity index (χ1n) is 16.7. The van der Waals surface area contributed by atoms with E-state index in [0.717, 1.165) is 57.0 Å². The first-order valence-corrected chi connectivity index (χ1v) is 16.7. The highest BCUT2D eigenvalue weighted by Crippen LogP contribution is 2.39. The van der Waals surface area contributed by atoms with Crippen molar-refractivity contribution in [3.63, 3.8) is 0 Å². The third-order valence-corrected chi connectivity index (χ3v) is 9.76. The number of Topliss-reactive ketones (excluding diaryl/α,β-unsaturated/α-hetero) is 2. The van der Waals surface area contributed by atoms with Gasteiger partial charge in [-0.05, 0) is 123 Å². The van der Waals surface area contributed by atoms with Crippen molar-refractivity contribution in [2.75, 3.05) is 4.90 Å². The molecule has 7 aromatic carbocycles. The molecule has 0 radical (unpaired) electrons. The van der Waals surface area contributed by atoms with Gasteiger partial charge in [0.1, 0.15) is 0 Å². The summed E-state index contributed by atoms with van der Waals surface area (Å²) in [6, 6.07) is 48.0. The van der Waals surface area contributed by atoms with Crippen molar-refractivity contribution in [1.29, 1.82) is 0 Å². The number of allylic oxidation sites excluding steroid dienone is 5. The molecule has 2 aliphatic rings. The lowest BCUT2D eigenvalue weighted by Crippen LogP contribution is -2.10. The van der Waals surface area contributed by atoms with Gasteiger partial charge in [-0.15, -0.1) is 0 Å². The molecule has 9 rings (SSSR count). The van der Waals surface area contributed by atoms with Crippen LogP contribution >= 0.6 is 0 Å². The van der Waals surface area contributed by atoms with Crippen molar-refractivity contribution in [2.45, 2.75) is 12.8 Å². The second-order valence-corrected chi connectivity index (χ2v) is 12.8. The zero-order valence-corrected chi connectivity index (χ0v) is 26.8. The van der Waals surface area contributed by atoms with Crippen molar-refractivity contribution >= 4 is 72.6 Å². The van der Waals surface area contributed by atoms with Crippen LogP contribution in [0.2, 0.25) is 0 Å². The Bertz CT molecular complexity index is 2550. The first-order chi connectivity index (χ1) is 24.1. The van der Waals surface area contributed by atoms with Crippen LogP contribution < -0.4 is 4.90 Å². The molecule has 232 valence electrons. The Morgan fingerprint density at radius 1 is 0.510 bits per heavy atom. The molecule has 49 heavy (non-hydrogen) atoms. The van der Waals surface area contributed by atoms with Crippen molar-refractivity contribution in [3.8, 4) is 0 Å². The molecule has 3 nitrogen and oxygen atoms in total. The molecule has 0 atom stereocenters. The normalized spacial score (nSPS) is 14.0. The molecule has 3 heteroatoms. The summed E-state index contributed by atoms with van der Waals surface area (Å²) in [5.74, 6) is -0.427. The van der Waals surface area contributed by atoms with Crippen LogP contribution in [0.1, 0.15) is 44.7 Å². The van der Waals surface area contributed by atoms with E-state index in [-0.39, 0.29) is 17.1 Å². The summed E-state index contributed by atoms with van der Waals surface area (Å²) in [6.07, 6.45) is 10.4. The molecule has 0 aromatic heterocycles. The highest BCUT2D eigenvalue weighted by atomic mass is 16.2. The van der Waals surface area contributed by atoms with Crippen LogP contribution in [-0.2, 0) is 0 Å². The molecule has 0 unspecified atom stereocenters. The Morgan fingerprint density at radius 3 is 1.76 bits per heavy atom. The van der Waals surface area contributed by atoms with Crippen molar-refractivity contribution < 1.29 is 9.59 Å². The Kier molecular flexibility index (Phi) is 6.91. The van der Waals surface area contributed by atoms with E-state index in [9.17, 15) is 9.59 Å². The molecule has 0 saturated heterocycles. The predicted octanol–water partition coefficient (Wildman–Crippen LogP) is 11.8. The third kappa shape index (κ3) is 5.17. The largest absolute Gasteiger partial charge is 0.310 e. The minimum Gasteiger partial charge on any atom is -0.310 e. The topological polar surface area (TPSA) is 37.4 Å². The minimum absolute atomic E-state index is 0.213. The number of carbonyl (C=O) groups excluding carboxylic acids is 2. The van der Waals surface area contributed by atoms with Gasteiger partial charge in [-0.1, -0.05) is 103 Å². The molecule has 0 aliphatic heterocycles. The van der Waals surface area contributed by atoms with Crippen LogP contribution in [0.4, 0.5) is 17.1 Å². The number of rotatable bonds is 5. The molecule has 0 fully saturated rings. The summed E-state index contributed by atoms with van der Waals surface area (Å²) in [5, 5.41) is 6.41. The maximum atomic E-state index is 13.4. The summed E-state index contributed by atoms with van der Waals surface area (Å²) in [6.45, 7) is 0. The van der Waals surface area contributed by atoms with E-state index in [0.29, 0.717) is 11.1 Å². The summed E-state index contributed by atoms with van der Waals surface area (Å²) < 4.78 is 0. The summed E-state index contributed by atoms with van der Waals surface area (Å²) in [4.78, 5) is 29.1. The summed E-state index contributed by atoms with van der Waals surface area (Å²) in [7, 11) is 0. The van der Waals surface area contributed by atoms with E-state index >= 15 is 0 Å². The predicted molar refractivity (Wildman–Crippen MR) is 203 cm³/mol. The van der Waals surface area contributed by atoms with E-state index in [1.807, 2.05) is 42.5 Å². The van der Waals surface area contributed by atoms with Gasteiger partial charge < -0.3 is 4.90 Å². The summed E-state index contributed by atoms with van der Waals surface area (Å²) >= 11 is 0. The maximum absolute atomic E-state index is 13.4. The van der Waals surface area contributed by atoms with Gasteiger partial charge in [0.2, 0.25) is 0 Å². The van der Waals surface area contributed by atoms with Gasteiger partial charge in [0.15, 0.2) is 11.6 Å². The Labute approximate surface area is 284 Å². The van der Waals surface area contributed by atoms with Crippen LogP contribution in [0.3, 0.4) is 0 Å². The van der Waals surface area contributed by atoms with E-state index in [1.165, 1.54) is 21.9 Å². The molecule has 0 amide bonds. The molecular formula is C46H31NO2. The summed E-state index contributed by atoms with van der Waals surface area (Å²) in [5.41, 5.74) is 7.80. The lowest BCUT2D eigenvalue weighted by atomic mass is 9.96. The van der Waals surface area contributed by atoms with Crippen LogP contribution in [0, 0.1) is 0 Å². The maximum Gasteiger partial charge on any atom is 0.197 e. The molecule has 0 spiro atoms. The molecule has 0 heterocycles. The van der Waals surface area contributed by atoms with Gasteiger partial charge in [-0.25, -0.2) is 0 Å². The SMILES string of the molecule is O=C1C(=Cc2ccc3cc(N(c4cccc(C5=CC=CCC5)c4)c4ccc5ccccc5c4)ccc3c2)C(=O)c2cc3ccccc3cc21.